The SMILES string of the molecule is CCCCCCCCCCCCCC/C=C/C(O)C(COP(=O)(O)OCCN)NC(=O)CC(O)CCCCCCCCCCCCCCCCC. The van der Waals surface area contributed by atoms with Crippen LogP contribution >= 0.6 is 7.82 Å². The molecule has 4 unspecified atom stereocenters. The van der Waals surface area contributed by atoms with E-state index in [1.54, 1.807) is 6.08 Å². The van der Waals surface area contributed by atoms with E-state index < -0.39 is 38.6 Å². The number of nitrogens with one attached hydrogen (secondary N) is 1. The highest BCUT2D eigenvalue weighted by molar-refractivity contribution is 7.47. The number of nitrogens with two attached hydrogens (primary N) is 1. The minimum Gasteiger partial charge on any atom is -0.393 e. The molecule has 0 aromatic rings. The zero-order valence-corrected chi connectivity index (χ0v) is 34.1. The molecule has 0 aliphatic heterocycles. The zero-order valence-electron chi connectivity index (χ0n) is 33.2. The second-order valence-electron chi connectivity index (χ2n) is 14.8. The number of aliphatic hydroxyl groups excluding tert-OH is 2. The van der Waals surface area contributed by atoms with Crippen LogP contribution in [0.1, 0.15) is 206 Å². The third-order valence-electron chi connectivity index (χ3n) is 9.67. The second kappa shape index (κ2) is 37.5. The molecule has 1 amide bonds. The number of unbranched alkanes of at least 4 members (excludes halogenated alkanes) is 26. The van der Waals surface area contributed by atoms with Crippen molar-refractivity contribution in [3.05, 3.63) is 12.2 Å². The molecule has 0 fully saturated rings. The van der Waals surface area contributed by atoms with Crippen LogP contribution < -0.4 is 11.1 Å². The van der Waals surface area contributed by atoms with Gasteiger partial charge < -0.3 is 26.2 Å². The van der Waals surface area contributed by atoms with Gasteiger partial charge in [-0.1, -0.05) is 193 Å². The van der Waals surface area contributed by atoms with Gasteiger partial charge in [0.05, 0.1) is 37.9 Å². The van der Waals surface area contributed by atoms with Gasteiger partial charge in [0.2, 0.25) is 5.91 Å². The third-order valence-corrected chi connectivity index (χ3v) is 10.7. The Kier molecular flexibility index (Phi) is 36.9. The van der Waals surface area contributed by atoms with Gasteiger partial charge in [0, 0.05) is 6.54 Å². The molecule has 0 aromatic heterocycles. The number of hydrogen-bond donors (Lipinski definition) is 5. The molecule has 304 valence electrons. The third kappa shape index (κ3) is 36.0. The highest BCUT2D eigenvalue weighted by Gasteiger charge is 2.27. The van der Waals surface area contributed by atoms with Crippen LogP contribution in [0.4, 0.5) is 0 Å². The Morgan fingerprint density at radius 3 is 1.51 bits per heavy atom. The summed E-state index contributed by atoms with van der Waals surface area (Å²) in [5.41, 5.74) is 5.36. The van der Waals surface area contributed by atoms with Gasteiger partial charge in [-0.25, -0.2) is 4.57 Å². The van der Waals surface area contributed by atoms with Crippen molar-refractivity contribution in [1.29, 1.82) is 0 Å². The second-order valence-corrected chi connectivity index (χ2v) is 16.2. The van der Waals surface area contributed by atoms with Crippen molar-refractivity contribution in [3.63, 3.8) is 0 Å². The summed E-state index contributed by atoms with van der Waals surface area (Å²) in [6.07, 6.45) is 37.2. The Morgan fingerprint density at radius 1 is 0.667 bits per heavy atom. The molecule has 10 heteroatoms. The summed E-state index contributed by atoms with van der Waals surface area (Å²) >= 11 is 0. The van der Waals surface area contributed by atoms with Crippen LogP contribution in [-0.2, 0) is 18.4 Å². The Bertz CT molecular complexity index is 832. The fourth-order valence-corrected chi connectivity index (χ4v) is 7.17. The molecular weight excluding hydrogens is 663 g/mol. The number of amides is 1. The Hall–Kier alpha value is -0.800. The molecule has 9 nitrogen and oxygen atoms in total. The van der Waals surface area contributed by atoms with Crippen molar-refractivity contribution in [2.24, 2.45) is 5.73 Å². The highest BCUT2D eigenvalue weighted by Crippen LogP contribution is 2.43. The van der Waals surface area contributed by atoms with E-state index in [9.17, 15) is 24.5 Å². The maximum atomic E-state index is 12.8. The molecule has 0 aromatic carbocycles. The minimum atomic E-state index is -4.39. The number of rotatable bonds is 40. The summed E-state index contributed by atoms with van der Waals surface area (Å²) in [6, 6.07) is -0.976. The highest BCUT2D eigenvalue weighted by atomic mass is 31.2. The number of phosphoric ester groups is 1. The van der Waals surface area contributed by atoms with Gasteiger partial charge in [-0.05, 0) is 19.3 Å². The molecule has 0 saturated heterocycles. The van der Waals surface area contributed by atoms with Gasteiger partial charge in [-0.15, -0.1) is 0 Å². The average molecular weight is 747 g/mol. The van der Waals surface area contributed by atoms with E-state index in [4.69, 9.17) is 14.8 Å². The Balaban J connectivity index is 4.32. The number of allylic oxidation sites excluding steroid dienone is 1. The monoisotopic (exact) mass is 747 g/mol. The average Bonchev–Trinajstić information content (AvgIpc) is 3.10. The predicted octanol–water partition coefficient (Wildman–Crippen LogP) is 10.6. The first-order valence-corrected chi connectivity index (χ1v) is 22.9. The predicted molar refractivity (Wildman–Crippen MR) is 214 cm³/mol. The van der Waals surface area contributed by atoms with E-state index >= 15 is 0 Å². The molecule has 0 bridgehead atoms. The van der Waals surface area contributed by atoms with Crippen LogP contribution in [0.5, 0.6) is 0 Å². The molecule has 0 rings (SSSR count). The van der Waals surface area contributed by atoms with E-state index in [-0.39, 0.29) is 19.6 Å². The first-order valence-electron chi connectivity index (χ1n) is 21.4. The summed E-state index contributed by atoms with van der Waals surface area (Å²) in [7, 11) is -4.39. The lowest BCUT2D eigenvalue weighted by molar-refractivity contribution is -0.124. The van der Waals surface area contributed by atoms with Gasteiger partial charge in [0.15, 0.2) is 0 Å². The van der Waals surface area contributed by atoms with Crippen LogP contribution in [0.25, 0.3) is 0 Å². The quantitative estimate of drug-likeness (QED) is 0.0236. The molecule has 51 heavy (non-hydrogen) atoms. The maximum absolute atomic E-state index is 12.8. The van der Waals surface area contributed by atoms with Gasteiger partial charge >= 0.3 is 7.82 Å². The van der Waals surface area contributed by atoms with Crippen molar-refractivity contribution in [2.75, 3.05) is 19.8 Å². The summed E-state index contributed by atoms with van der Waals surface area (Å²) in [5.74, 6) is -0.443. The minimum absolute atomic E-state index is 0.0514. The molecule has 0 saturated carbocycles. The topological polar surface area (TPSA) is 151 Å². The number of hydrogen-bond acceptors (Lipinski definition) is 7. The molecule has 0 aliphatic carbocycles. The largest absolute Gasteiger partial charge is 0.472 e. The first kappa shape index (κ1) is 50.2. The summed E-state index contributed by atoms with van der Waals surface area (Å²) in [4.78, 5) is 22.7. The van der Waals surface area contributed by atoms with E-state index in [1.807, 2.05) is 6.08 Å². The maximum Gasteiger partial charge on any atom is 0.472 e. The van der Waals surface area contributed by atoms with Crippen LogP contribution in [0, 0.1) is 0 Å². The molecule has 0 radical (unpaired) electrons. The lowest BCUT2D eigenvalue weighted by Crippen LogP contribution is -2.46. The van der Waals surface area contributed by atoms with Crippen molar-refractivity contribution < 1.29 is 33.5 Å². The van der Waals surface area contributed by atoms with Crippen molar-refractivity contribution >= 4 is 13.7 Å². The van der Waals surface area contributed by atoms with Crippen LogP contribution in [0.2, 0.25) is 0 Å². The van der Waals surface area contributed by atoms with E-state index in [0.29, 0.717) is 6.42 Å². The van der Waals surface area contributed by atoms with Crippen LogP contribution in [0.15, 0.2) is 12.2 Å². The van der Waals surface area contributed by atoms with Crippen LogP contribution in [0.3, 0.4) is 0 Å². The first-order chi connectivity index (χ1) is 24.8. The summed E-state index contributed by atoms with van der Waals surface area (Å²) < 4.78 is 22.0. The Labute approximate surface area is 314 Å². The molecule has 4 atom stereocenters. The number of aliphatic hydroxyl groups is 2. The van der Waals surface area contributed by atoms with E-state index in [0.717, 1.165) is 38.5 Å². The van der Waals surface area contributed by atoms with Gasteiger partial charge in [0.1, 0.15) is 0 Å². The fourth-order valence-electron chi connectivity index (χ4n) is 6.41. The van der Waals surface area contributed by atoms with Gasteiger partial charge in [-0.2, -0.15) is 0 Å². The number of phosphoric acid groups is 1. The molecule has 6 N–H and O–H groups in total. The molecular formula is C41H83N2O7P. The van der Waals surface area contributed by atoms with E-state index in [2.05, 4.69) is 19.2 Å². The molecule has 0 spiro atoms. The molecule has 0 heterocycles. The summed E-state index contributed by atoms with van der Waals surface area (Å²) in [6.45, 7) is 3.98. The van der Waals surface area contributed by atoms with Gasteiger partial charge in [-0.3, -0.25) is 13.8 Å². The van der Waals surface area contributed by atoms with Crippen molar-refractivity contribution in [1.82, 2.24) is 5.32 Å². The smallest absolute Gasteiger partial charge is 0.393 e. The Morgan fingerprint density at radius 2 is 1.08 bits per heavy atom. The lowest BCUT2D eigenvalue weighted by Gasteiger charge is -2.24. The standard InChI is InChI=1S/C41H83N2O7P/c1-3-5-7-9-11-13-15-17-19-20-22-24-26-28-30-32-38(44)36-41(46)43-39(37-50-51(47,48)49-35-34-42)40(45)33-31-29-27-25-23-21-18-16-14-12-10-8-6-4-2/h31,33,38-40,44-45H,3-30,32,34-37,42H2,1-2H3,(H,43,46)(H,47,48)/b33-31+. The van der Waals surface area contributed by atoms with Crippen molar-refractivity contribution in [2.45, 2.75) is 225 Å². The van der Waals surface area contributed by atoms with Crippen LogP contribution in [-0.4, -0.2) is 59.0 Å². The zero-order chi connectivity index (χ0) is 37.7. The summed E-state index contributed by atoms with van der Waals surface area (Å²) in [5, 5.41) is 24.0. The molecule has 0 aliphatic rings. The fraction of sp³-hybridized carbons (Fsp3) is 0.927. The normalized spacial score (nSPS) is 14.9. The van der Waals surface area contributed by atoms with E-state index in [1.165, 1.54) is 141 Å². The van der Waals surface area contributed by atoms with Crippen molar-refractivity contribution in [3.8, 4) is 0 Å². The lowest BCUT2D eigenvalue weighted by atomic mass is 10.0. The van der Waals surface area contributed by atoms with Gasteiger partial charge in [0.25, 0.3) is 0 Å². The number of carbonyl (C=O) groups excluding carboxylic acids is 1. The number of carbonyl (C=O) groups is 1.